The molecular weight excluding hydrogens is 221 g/mol. The molecule has 0 spiro atoms. The van der Waals surface area contributed by atoms with Crippen LogP contribution in [0, 0.1) is 5.41 Å². The van der Waals surface area contributed by atoms with Crippen LogP contribution in [0.3, 0.4) is 0 Å². The molecule has 1 N–H and O–H groups in total. The van der Waals surface area contributed by atoms with E-state index < -0.39 is 0 Å². The summed E-state index contributed by atoms with van der Waals surface area (Å²) in [6, 6.07) is 5.46. The van der Waals surface area contributed by atoms with E-state index in [2.05, 4.69) is 15.9 Å². The van der Waals surface area contributed by atoms with Gasteiger partial charge < -0.3 is 5.41 Å². The largest absolute Gasteiger partial charge is 0.308 e. The van der Waals surface area contributed by atoms with Crippen molar-refractivity contribution >= 4 is 22.1 Å². The smallest absolute Gasteiger partial charge is 0.0935 e. The van der Waals surface area contributed by atoms with Gasteiger partial charge in [-0.3, -0.25) is 4.39 Å². The van der Waals surface area contributed by atoms with Gasteiger partial charge in [0.05, 0.1) is 6.67 Å². The fourth-order valence-electron chi connectivity index (χ4n) is 0.958. The highest BCUT2D eigenvalue weighted by atomic mass is 79.9. The van der Waals surface area contributed by atoms with Gasteiger partial charge >= 0.3 is 0 Å². The third-order valence-electron chi connectivity index (χ3n) is 1.61. The summed E-state index contributed by atoms with van der Waals surface area (Å²) in [6.45, 7) is -0.345. The van der Waals surface area contributed by atoms with E-state index in [1.807, 2.05) is 18.2 Å². The van der Waals surface area contributed by atoms with Crippen LogP contribution in [-0.4, -0.2) is 12.9 Å². The summed E-state index contributed by atoms with van der Waals surface area (Å²) in [5.41, 5.74) is 1.77. The quantitative estimate of drug-likeness (QED) is 0.772. The summed E-state index contributed by atoms with van der Waals surface area (Å²) < 4.78 is 12.9. The Morgan fingerprint density at radius 3 is 2.75 bits per heavy atom. The lowest BCUT2D eigenvalue weighted by atomic mass is 10.1. The summed E-state index contributed by atoms with van der Waals surface area (Å²) in [6.07, 6.45) is 1.70. The second kappa shape index (κ2) is 4.36. The molecule has 12 heavy (non-hydrogen) atoms. The first kappa shape index (κ1) is 9.39. The third kappa shape index (κ3) is 2.14. The molecule has 0 atom stereocenters. The number of aryl methyl sites for hydroxylation is 1. The molecule has 0 fully saturated rings. The van der Waals surface area contributed by atoms with Gasteiger partial charge in [-0.05, 0) is 17.2 Å². The average Bonchev–Trinajstić information content (AvgIpc) is 2.09. The molecule has 1 aromatic carbocycles. The Morgan fingerprint density at radius 1 is 1.50 bits per heavy atom. The number of benzene rings is 1. The van der Waals surface area contributed by atoms with Crippen molar-refractivity contribution in [2.24, 2.45) is 0 Å². The molecule has 1 nitrogen and oxygen atoms in total. The van der Waals surface area contributed by atoms with Crippen LogP contribution >= 0.6 is 15.9 Å². The predicted octanol–water partition coefficient (Wildman–Crippen LogP) is 2.96. The zero-order valence-electron chi connectivity index (χ0n) is 6.48. The van der Waals surface area contributed by atoms with Crippen LogP contribution in [0.2, 0.25) is 0 Å². The molecule has 0 saturated carbocycles. The molecule has 1 aromatic rings. The summed E-state index contributed by atoms with van der Waals surface area (Å²) in [5.74, 6) is 0. The third-order valence-corrected chi connectivity index (χ3v) is 2.35. The Hall–Kier alpha value is -0.700. The van der Waals surface area contributed by atoms with Gasteiger partial charge in [-0.15, -0.1) is 0 Å². The number of hydrogen-bond acceptors (Lipinski definition) is 1. The minimum Gasteiger partial charge on any atom is -0.308 e. The van der Waals surface area contributed by atoms with Gasteiger partial charge in [-0.2, -0.15) is 0 Å². The van der Waals surface area contributed by atoms with Gasteiger partial charge in [0.15, 0.2) is 0 Å². The molecule has 0 aliphatic carbocycles. The van der Waals surface area contributed by atoms with E-state index in [-0.39, 0.29) is 6.67 Å². The lowest BCUT2D eigenvalue weighted by Crippen LogP contribution is -1.90. The fraction of sp³-hybridized carbons (Fsp3) is 0.222. The molecule has 0 radical (unpaired) electrons. The van der Waals surface area contributed by atoms with Crippen molar-refractivity contribution in [2.45, 2.75) is 6.42 Å². The van der Waals surface area contributed by atoms with Crippen LogP contribution in [0.25, 0.3) is 0 Å². The summed E-state index contributed by atoms with van der Waals surface area (Å²) >= 11 is 3.32. The van der Waals surface area contributed by atoms with Gasteiger partial charge in [0.1, 0.15) is 0 Å². The molecule has 1 rings (SSSR count). The molecule has 64 valence electrons. The van der Waals surface area contributed by atoms with E-state index in [1.54, 1.807) is 0 Å². The second-order valence-corrected chi connectivity index (χ2v) is 3.29. The highest BCUT2D eigenvalue weighted by Crippen LogP contribution is 2.18. The lowest BCUT2D eigenvalue weighted by molar-refractivity contribution is 0.495. The van der Waals surface area contributed by atoms with Crippen LogP contribution in [0.15, 0.2) is 22.7 Å². The van der Waals surface area contributed by atoms with E-state index in [4.69, 9.17) is 5.41 Å². The maximum absolute atomic E-state index is 12.0. The SMILES string of the molecule is N=Cc1ccc(CCF)c(Br)c1. The number of alkyl halides is 1. The fourth-order valence-corrected chi connectivity index (χ4v) is 1.55. The topological polar surface area (TPSA) is 23.9 Å². The van der Waals surface area contributed by atoms with Crippen LogP contribution in [0.5, 0.6) is 0 Å². The summed E-state index contributed by atoms with van der Waals surface area (Å²) in [5, 5.41) is 6.99. The first-order chi connectivity index (χ1) is 5.77. The van der Waals surface area contributed by atoms with Crippen molar-refractivity contribution in [2.75, 3.05) is 6.67 Å². The molecule has 0 bridgehead atoms. The zero-order chi connectivity index (χ0) is 8.97. The van der Waals surface area contributed by atoms with Gasteiger partial charge in [0.2, 0.25) is 0 Å². The maximum atomic E-state index is 12.0. The first-order valence-corrected chi connectivity index (χ1v) is 4.42. The van der Waals surface area contributed by atoms with Crippen molar-refractivity contribution in [3.63, 3.8) is 0 Å². The maximum Gasteiger partial charge on any atom is 0.0935 e. The molecule has 0 unspecified atom stereocenters. The van der Waals surface area contributed by atoms with Gasteiger partial charge in [0.25, 0.3) is 0 Å². The van der Waals surface area contributed by atoms with Crippen LogP contribution in [0.4, 0.5) is 4.39 Å². The van der Waals surface area contributed by atoms with Crippen LogP contribution in [-0.2, 0) is 6.42 Å². The summed E-state index contributed by atoms with van der Waals surface area (Å²) in [4.78, 5) is 0. The van der Waals surface area contributed by atoms with E-state index in [1.165, 1.54) is 6.21 Å². The van der Waals surface area contributed by atoms with Crippen molar-refractivity contribution in [3.8, 4) is 0 Å². The minimum absolute atomic E-state index is 0.345. The molecule has 0 amide bonds. The van der Waals surface area contributed by atoms with E-state index >= 15 is 0 Å². The van der Waals surface area contributed by atoms with E-state index in [0.29, 0.717) is 6.42 Å². The van der Waals surface area contributed by atoms with Gasteiger partial charge in [-0.1, -0.05) is 28.1 Å². The molecule has 0 heterocycles. The highest BCUT2D eigenvalue weighted by Gasteiger charge is 1.99. The van der Waals surface area contributed by atoms with Gasteiger partial charge in [0, 0.05) is 17.1 Å². The van der Waals surface area contributed by atoms with E-state index in [9.17, 15) is 4.39 Å². The molecule has 0 saturated heterocycles. The van der Waals surface area contributed by atoms with Crippen molar-refractivity contribution in [1.29, 1.82) is 5.41 Å². The Kier molecular flexibility index (Phi) is 3.41. The Bertz CT molecular complexity index is 286. The lowest BCUT2D eigenvalue weighted by Gasteiger charge is -2.01. The number of halogens is 2. The number of rotatable bonds is 3. The first-order valence-electron chi connectivity index (χ1n) is 3.63. The highest BCUT2D eigenvalue weighted by molar-refractivity contribution is 9.10. The van der Waals surface area contributed by atoms with Crippen molar-refractivity contribution < 1.29 is 4.39 Å². The predicted molar refractivity (Wildman–Crippen MR) is 51.7 cm³/mol. The standard InChI is InChI=1S/C9H9BrFN/c10-9-5-7(6-12)1-2-8(9)3-4-11/h1-2,5-6,12H,3-4H2. The summed E-state index contributed by atoms with van der Waals surface area (Å²) in [7, 11) is 0. The van der Waals surface area contributed by atoms with Crippen molar-refractivity contribution in [1.82, 2.24) is 0 Å². The second-order valence-electron chi connectivity index (χ2n) is 2.43. The van der Waals surface area contributed by atoms with Gasteiger partial charge in [-0.25, -0.2) is 0 Å². The average molecular weight is 230 g/mol. The Morgan fingerprint density at radius 2 is 2.25 bits per heavy atom. The van der Waals surface area contributed by atoms with E-state index in [0.717, 1.165) is 15.6 Å². The number of nitrogens with one attached hydrogen (secondary N) is 1. The Balaban J connectivity index is 2.94. The molecule has 0 aromatic heterocycles. The van der Waals surface area contributed by atoms with Crippen LogP contribution in [0.1, 0.15) is 11.1 Å². The monoisotopic (exact) mass is 229 g/mol. The number of hydrogen-bond donors (Lipinski definition) is 1. The zero-order valence-corrected chi connectivity index (χ0v) is 8.07. The normalized spacial score (nSPS) is 9.83. The molecule has 0 aliphatic rings. The minimum atomic E-state index is -0.345. The molecule has 3 heteroatoms. The molecule has 0 aliphatic heterocycles. The Labute approximate surface area is 79.2 Å². The van der Waals surface area contributed by atoms with Crippen LogP contribution < -0.4 is 0 Å². The molecular formula is C9H9BrFN. The van der Waals surface area contributed by atoms with Crippen molar-refractivity contribution in [3.05, 3.63) is 33.8 Å².